The fourth-order valence-electron chi connectivity index (χ4n) is 1.72. The molecule has 0 aliphatic carbocycles. The maximum Gasteiger partial charge on any atom is 0.0713 e. The van der Waals surface area contributed by atoms with Crippen LogP contribution in [-0.4, -0.2) is 7.11 Å². The van der Waals surface area contributed by atoms with Crippen molar-refractivity contribution >= 4 is 21.6 Å². The third-order valence-electron chi connectivity index (χ3n) is 2.69. The number of ether oxygens (including phenoxy) is 1. The molecule has 0 aliphatic heterocycles. The minimum atomic E-state index is 0.665. The summed E-state index contributed by atoms with van der Waals surface area (Å²) in [5.74, 6) is 0. The van der Waals surface area contributed by atoms with Gasteiger partial charge in [0.25, 0.3) is 0 Å². The van der Waals surface area contributed by atoms with Crippen LogP contribution in [0, 0.1) is 0 Å². The average molecular weight is 306 g/mol. The van der Waals surface area contributed by atoms with Gasteiger partial charge in [0.1, 0.15) is 0 Å². The second-order valence-electron chi connectivity index (χ2n) is 4.08. The molecule has 0 aliphatic rings. The van der Waals surface area contributed by atoms with Crippen LogP contribution < -0.4 is 5.32 Å². The molecular weight excluding hydrogens is 290 g/mol. The quantitative estimate of drug-likeness (QED) is 0.893. The van der Waals surface area contributed by atoms with Gasteiger partial charge in [-0.05, 0) is 39.2 Å². The van der Waals surface area contributed by atoms with Gasteiger partial charge in [-0.3, -0.25) is 0 Å². The normalized spacial score (nSPS) is 10.3. The summed E-state index contributed by atoms with van der Waals surface area (Å²) in [5.41, 5.74) is 3.56. The smallest absolute Gasteiger partial charge is 0.0713 e. The molecule has 0 heterocycles. The van der Waals surface area contributed by atoms with Gasteiger partial charge >= 0.3 is 0 Å². The number of anilines is 1. The molecule has 0 amide bonds. The van der Waals surface area contributed by atoms with Crippen LogP contribution in [0.5, 0.6) is 0 Å². The first-order chi connectivity index (χ1) is 8.79. The molecule has 0 bridgehead atoms. The van der Waals surface area contributed by atoms with Crippen LogP contribution in [0.3, 0.4) is 0 Å². The van der Waals surface area contributed by atoms with Gasteiger partial charge in [-0.1, -0.05) is 36.4 Å². The molecule has 0 saturated heterocycles. The minimum absolute atomic E-state index is 0.665. The number of benzene rings is 2. The lowest BCUT2D eigenvalue weighted by Gasteiger charge is -2.09. The highest BCUT2D eigenvalue weighted by Crippen LogP contribution is 2.21. The van der Waals surface area contributed by atoms with Crippen molar-refractivity contribution in [2.75, 3.05) is 12.4 Å². The highest BCUT2D eigenvalue weighted by Gasteiger charge is 1.98. The van der Waals surface area contributed by atoms with Crippen molar-refractivity contribution in [3.63, 3.8) is 0 Å². The van der Waals surface area contributed by atoms with Crippen molar-refractivity contribution in [2.24, 2.45) is 0 Å². The van der Waals surface area contributed by atoms with E-state index in [0.717, 1.165) is 16.7 Å². The van der Waals surface area contributed by atoms with E-state index in [1.165, 1.54) is 11.1 Å². The molecule has 2 aromatic rings. The molecule has 0 atom stereocenters. The van der Waals surface area contributed by atoms with E-state index in [0.29, 0.717) is 6.61 Å². The van der Waals surface area contributed by atoms with Gasteiger partial charge in [0.05, 0.1) is 6.61 Å². The summed E-state index contributed by atoms with van der Waals surface area (Å²) in [5, 5.41) is 3.40. The van der Waals surface area contributed by atoms with Gasteiger partial charge in [0, 0.05) is 23.8 Å². The second-order valence-corrected chi connectivity index (χ2v) is 4.94. The summed E-state index contributed by atoms with van der Waals surface area (Å²) >= 11 is 3.52. The molecule has 94 valence electrons. The molecular formula is C15H16BrNO. The zero-order chi connectivity index (χ0) is 12.8. The van der Waals surface area contributed by atoms with Gasteiger partial charge in [-0.25, -0.2) is 0 Å². The van der Waals surface area contributed by atoms with E-state index in [-0.39, 0.29) is 0 Å². The summed E-state index contributed by atoms with van der Waals surface area (Å²) in [4.78, 5) is 0. The molecule has 18 heavy (non-hydrogen) atoms. The number of methoxy groups -OCH3 is 1. The van der Waals surface area contributed by atoms with E-state index in [1.54, 1.807) is 7.11 Å². The van der Waals surface area contributed by atoms with Crippen LogP contribution in [0.2, 0.25) is 0 Å². The van der Waals surface area contributed by atoms with Gasteiger partial charge in [-0.2, -0.15) is 0 Å². The van der Waals surface area contributed by atoms with Crippen LogP contribution in [-0.2, 0) is 17.9 Å². The lowest BCUT2D eigenvalue weighted by molar-refractivity contribution is 0.185. The first kappa shape index (κ1) is 13.1. The van der Waals surface area contributed by atoms with E-state index in [9.17, 15) is 0 Å². The molecule has 2 nitrogen and oxygen atoms in total. The molecule has 0 fully saturated rings. The van der Waals surface area contributed by atoms with Crippen LogP contribution in [0.1, 0.15) is 11.1 Å². The van der Waals surface area contributed by atoms with Crippen molar-refractivity contribution in [3.8, 4) is 0 Å². The van der Waals surface area contributed by atoms with E-state index < -0.39 is 0 Å². The van der Waals surface area contributed by atoms with E-state index in [1.807, 2.05) is 18.2 Å². The zero-order valence-corrected chi connectivity index (χ0v) is 11.9. The Labute approximate surface area is 116 Å². The van der Waals surface area contributed by atoms with Crippen LogP contribution >= 0.6 is 15.9 Å². The predicted octanol–water partition coefficient (Wildman–Crippen LogP) is 4.21. The van der Waals surface area contributed by atoms with Gasteiger partial charge in [0.15, 0.2) is 0 Å². The summed E-state index contributed by atoms with van der Waals surface area (Å²) in [6, 6.07) is 16.6. The monoisotopic (exact) mass is 305 g/mol. The first-order valence-corrected chi connectivity index (χ1v) is 6.64. The highest BCUT2D eigenvalue weighted by molar-refractivity contribution is 9.10. The van der Waals surface area contributed by atoms with Crippen molar-refractivity contribution < 1.29 is 4.74 Å². The molecule has 0 radical (unpaired) electrons. The molecule has 1 N–H and O–H groups in total. The topological polar surface area (TPSA) is 21.3 Å². The predicted molar refractivity (Wildman–Crippen MR) is 78.6 cm³/mol. The Balaban J connectivity index is 1.96. The molecule has 0 aromatic heterocycles. The summed E-state index contributed by atoms with van der Waals surface area (Å²) in [7, 11) is 1.71. The molecule has 0 saturated carbocycles. The Morgan fingerprint density at radius 2 is 1.67 bits per heavy atom. The van der Waals surface area contributed by atoms with Crippen LogP contribution in [0.15, 0.2) is 53.0 Å². The lowest BCUT2D eigenvalue weighted by atomic mass is 10.1. The van der Waals surface area contributed by atoms with Gasteiger partial charge in [-0.15, -0.1) is 0 Å². The highest BCUT2D eigenvalue weighted by atomic mass is 79.9. The number of para-hydroxylation sites is 1. The van der Waals surface area contributed by atoms with Crippen molar-refractivity contribution in [1.82, 2.24) is 0 Å². The average Bonchev–Trinajstić information content (AvgIpc) is 2.40. The minimum Gasteiger partial charge on any atom is -0.380 e. The summed E-state index contributed by atoms with van der Waals surface area (Å²) in [6.45, 7) is 1.48. The Kier molecular flexibility index (Phi) is 4.79. The SMILES string of the molecule is COCc1ccc(CNc2ccccc2Br)cc1. The maximum absolute atomic E-state index is 5.09. The number of rotatable bonds is 5. The number of halogens is 1. The number of nitrogens with one attached hydrogen (secondary N) is 1. The van der Waals surface area contributed by atoms with Gasteiger partial charge < -0.3 is 10.1 Å². The fraction of sp³-hybridized carbons (Fsp3) is 0.200. The first-order valence-electron chi connectivity index (χ1n) is 5.85. The van der Waals surface area contributed by atoms with E-state index >= 15 is 0 Å². The zero-order valence-electron chi connectivity index (χ0n) is 10.3. The molecule has 0 unspecified atom stereocenters. The molecule has 3 heteroatoms. The number of hydrogen-bond donors (Lipinski definition) is 1. The largest absolute Gasteiger partial charge is 0.380 e. The van der Waals surface area contributed by atoms with Crippen LogP contribution in [0.25, 0.3) is 0 Å². The summed E-state index contributed by atoms with van der Waals surface area (Å²) in [6.07, 6.45) is 0. The fourth-order valence-corrected chi connectivity index (χ4v) is 2.15. The third-order valence-corrected chi connectivity index (χ3v) is 3.38. The van der Waals surface area contributed by atoms with Crippen molar-refractivity contribution in [3.05, 3.63) is 64.1 Å². The van der Waals surface area contributed by atoms with E-state index in [4.69, 9.17) is 4.74 Å². The van der Waals surface area contributed by atoms with Gasteiger partial charge in [0.2, 0.25) is 0 Å². The van der Waals surface area contributed by atoms with E-state index in [2.05, 4.69) is 51.6 Å². The Morgan fingerprint density at radius 3 is 2.33 bits per heavy atom. The molecule has 2 rings (SSSR count). The van der Waals surface area contributed by atoms with Crippen LogP contribution in [0.4, 0.5) is 5.69 Å². The standard InChI is InChI=1S/C15H16BrNO/c1-18-11-13-8-6-12(7-9-13)10-17-15-5-3-2-4-14(15)16/h2-9,17H,10-11H2,1H3. The summed E-state index contributed by atoms with van der Waals surface area (Å²) < 4.78 is 6.18. The Morgan fingerprint density at radius 1 is 1.00 bits per heavy atom. The molecule has 0 spiro atoms. The lowest BCUT2D eigenvalue weighted by Crippen LogP contribution is -2.00. The Bertz CT molecular complexity index is 496. The molecule has 2 aromatic carbocycles. The maximum atomic E-state index is 5.09. The third kappa shape index (κ3) is 3.59. The van der Waals surface area contributed by atoms with Crippen molar-refractivity contribution in [1.29, 1.82) is 0 Å². The van der Waals surface area contributed by atoms with Crippen molar-refractivity contribution in [2.45, 2.75) is 13.2 Å². The Hall–Kier alpha value is -1.32. The second kappa shape index (κ2) is 6.57. The number of hydrogen-bond acceptors (Lipinski definition) is 2.